The van der Waals surface area contributed by atoms with Crippen molar-refractivity contribution in [2.75, 3.05) is 6.16 Å². The van der Waals surface area contributed by atoms with E-state index in [0.717, 1.165) is 6.16 Å². The lowest BCUT2D eigenvalue weighted by Gasteiger charge is -1.89. The van der Waals surface area contributed by atoms with E-state index in [1.165, 1.54) is 8.20 Å². The number of rotatable bonds is 0. The second-order valence-corrected chi connectivity index (χ2v) is 2.72. The molecule has 0 aromatic rings. The van der Waals surface area contributed by atoms with Crippen molar-refractivity contribution < 1.29 is 4.79 Å². The monoisotopic (exact) mass is 114 g/mol. The highest BCUT2D eigenvalue weighted by molar-refractivity contribution is 7.41. The van der Waals surface area contributed by atoms with E-state index in [-0.39, 0.29) is 5.92 Å². The summed E-state index contributed by atoms with van der Waals surface area (Å²) in [6.07, 6.45) is 0.751. The Morgan fingerprint density at radius 2 is 2.71 bits per heavy atom. The second kappa shape index (κ2) is 1.75. The molecule has 1 aliphatic rings. The highest BCUT2D eigenvalue weighted by Gasteiger charge is 2.12. The Morgan fingerprint density at radius 3 is 2.86 bits per heavy atom. The molecule has 0 N–H and O–H groups in total. The normalized spacial score (nSPS) is 31.6. The third-order valence-corrected chi connectivity index (χ3v) is 2.24. The molecule has 0 saturated heterocycles. The molecule has 0 radical (unpaired) electrons. The molecule has 7 heavy (non-hydrogen) atoms. The van der Waals surface area contributed by atoms with E-state index in [2.05, 4.69) is 0 Å². The number of carbonyl (C=O) groups is 1. The summed E-state index contributed by atoms with van der Waals surface area (Å²) in [5.74, 6) is 2.67. The number of hydrogen-bond acceptors (Lipinski definition) is 1. The van der Waals surface area contributed by atoms with Crippen molar-refractivity contribution >= 4 is 19.8 Å². The maximum Gasteiger partial charge on any atom is 0.147 e. The van der Waals surface area contributed by atoms with Crippen LogP contribution >= 0.6 is 8.20 Å². The summed E-state index contributed by atoms with van der Waals surface area (Å²) in [6, 6.07) is 0. The Kier molecular flexibility index (Phi) is 1.25. The van der Waals surface area contributed by atoms with E-state index < -0.39 is 0 Å². The summed E-state index contributed by atoms with van der Waals surface area (Å²) in [6.45, 7) is 1.95. The van der Waals surface area contributed by atoms with Gasteiger partial charge in [0.05, 0.1) is 0 Å². The lowest BCUT2D eigenvalue weighted by molar-refractivity contribution is -0.117. The number of carbonyl (C=O) groups excluding carboxylic acids is 1. The molecular weight excluding hydrogens is 107 g/mol. The van der Waals surface area contributed by atoms with Gasteiger partial charge in [0, 0.05) is 12.1 Å². The average Bonchev–Trinajstić information content (AvgIpc) is 1.91. The average molecular weight is 114 g/mol. The Labute approximate surface area is 44.5 Å². The Balaban J connectivity index is 2.62. The minimum Gasteiger partial charge on any atom is -0.298 e. The van der Waals surface area contributed by atoms with Gasteiger partial charge in [-0.05, 0) is 0 Å². The zero-order valence-electron chi connectivity index (χ0n) is 4.22. The Hall–Kier alpha value is -0.160. The SMILES string of the molecule is CC1C=PCC1=O. The fourth-order valence-corrected chi connectivity index (χ4v) is 1.58. The standard InChI is InChI=1S/C5H7OP/c1-4-2-7-3-5(4)6/h2,4H,3H2,1H3. The summed E-state index contributed by atoms with van der Waals surface area (Å²) in [4.78, 5) is 10.5. The van der Waals surface area contributed by atoms with Crippen LogP contribution in [-0.4, -0.2) is 17.7 Å². The van der Waals surface area contributed by atoms with Crippen LogP contribution in [0.4, 0.5) is 0 Å². The van der Waals surface area contributed by atoms with Crippen LogP contribution in [0.15, 0.2) is 0 Å². The minimum atomic E-state index is 0.238. The van der Waals surface area contributed by atoms with Crippen molar-refractivity contribution in [3.05, 3.63) is 0 Å². The first-order chi connectivity index (χ1) is 3.30. The van der Waals surface area contributed by atoms with Crippen LogP contribution in [0, 0.1) is 5.92 Å². The van der Waals surface area contributed by atoms with Crippen molar-refractivity contribution in [2.45, 2.75) is 6.92 Å². The number of ketones is 1. The van der Waals surface area contributed by atoms with Gasteiger partial charge in [0.1, 0.15) is 5.78 Å². The van der Waals surface area contributed by atoms with E-state index in [0.29, 0.717) is 5.78 Å². The maximum absolute atomic E-state index is 10.5. The highest BCUT2D eigenvalue weighted by atomic mass is 31.1. The van der Waals surface area contributed by atoms with Crippen LogP contribution in [-0.2, 0) is 4.79 Å². The molecular formula is C5H7OP. The maximum atomic E-state index is 10.5. The topological polar surface area (TPSA) is 17.1 Å². The highest BCUT2D eigenvalue weighted by Crippen LogP contribution is 2.11. The van der Waals surface area contributed by atoms with Crippen molar-refractivity contribution in [3.8, 4) is 0 Å². The Morgan fingerprint density at radius 1 is 2.00 bits per heavy atom. The minimum absolute atomic E-state index is 0.238. The van der Waals surface area contributed by atoms with Crippen molar-refractivity contribution in [1.29, 1.82) is 0 Å². The molecule has 0 bridgehead atoms. The van der Waals surface area contributed by atoms with Crippen LogP contribution in [0.1, 0.15) is 6.92 Å². The van der Waals surface area contributed by atoms with Gasteiger partial charge < -0.3 is 0 Å². The van der Waals surface area contributed by atoms with E-state index >= 15 is 0 Å². The van der Waals surface area contributed by atoms with Crippen LogP contribution in [0.25, 0.3) is 0 Å². The summed E-state index contributed by atoms with van der Waals surface area (Å²) >= 11 is 0. The van der Waals surface area contributed by atoms with Crippen LogP contribution in [0.5, 0.6) is 0 Å². The quantitative estimate of drug-likeness (QED) is 0.428. The summed E-state index contributed by atoms with van der Waals surface area (Å²) in [5.41, 5.74) is 0. The third-order valence-electron chi connectivity index (χ3n) is 1.08. The molecule has 0 fully saturated rings. The van der Waals surface area contributed by atoms with Gasteiger partial charge in [-0.15, -0.1) is 8.20 Å². The lowest BCUT2D eigenvalue weighted by atomic mass is 10.1. The summed E-state index contributed by atoms with van der Waals surface area (Å²) in [5, 5.41) is 0. The predicted molar refractivity (Wildman–Crippen MR) is 32.0 cm³/mol. The second-order valence-electron chi connectivity index (χ2n) is 1.74. The molecule has 0 aliphatic carbocycles. The molecule has 1 unspecified atom stereocenters. The molecule has 1 atom stereocenters. The predicted octanol–water partition coefficient (Wildman–Crippen LogP) is 0.954. The molecule has 0 amide bonds. The first kappa shape index (κ1) is 4.99. The first-order valence-electron chi connectivity index (χ1n) is 2.33. The van der Waals surface area contributed by atoms with E-state index in [9.17, 15) is 4.79 Å². The molecule has 1 aliphatic heterocycles. The fraction of sp³-hybridized carbons (Fsp3) is 0.600. The van der Waals surface area contributed by atoms with Crippen molar-refractivity contribution in [3.63, 3.8) is 0 Å². The zero-order valence-corrected chi connectivity index (χ0v) is 5.11. The van der Waals surface area contributed by atoms with Gasteiger partial charge in [-0.25, -0.2) is 0 Å². The van der Waals surface area contributed by atoms with Gasteiger partial charge in [0.2, 0.25) is 0 Å². The molecule has 1 rings (SSSR count). The van der Waals surface area contributed by atoms with Crippen LogP contribution in [0.2, 0.25) is 0 Å². The van der Waals surface area contributed by atoms with Gasteiger partial charge in [-0.2, -0.15) is 0 Å². The largest absolute Gasteiger partial charge is 0.298 e. The number of Topliss-reactive ketones (excluding diaryl/α,β-unsaturated/α-hetero) is 1. The molecule has 1 nitrogen and oxygen atoms in total. The van der Waals surface area contributed by atoms with Gasteiger partial charge in [0.15, 0.2) is 0 Å². The fourth-order valence-electron chi connectivity index (χ4n) is 0.528. The smallest absolute Gasteiger partial charge is 0.147 e. The zero-order chi connectivity index (χ0) is 5.28. The summed E-state index contributed by atoms with van der Waals surface area (Å²) < 4.78 is 0. The molecule has 0 spiro atoms. The molecule has 0 aromatic heterocycles. The number of hydrogen-bond donors (Lipinski definition) is 0. The molecule has 38 valence electrons. The van der Waals surface area contributed by atoms with Crippen molar-refractivity contribution in [1.82, 2.24) is 0 Å². The first-order valence-corrected chi connectivity index (χ1v) is 3.48. The molecule has 0 aromatic carbocycles. The van der Waals surface area contributed by atoms with Gasteiger partial charge in [0.25, 0.3) is 0 Å². The third kappa shape index (κ3) is 0.889. The van der Waals surface area contributed by atoms with Gasteiger partial charge in [-0.1, -0.05) is 12.7 Å². The van der Waals surface area contributed by atoms with Crippen LogP contribution < -0.4 is 0 Å². The lowest BCUT2D eigenvalue weighted by Crippen LogP contribution is -2.06. The summed E-state index contributed by atoms with van der Waals surface area (Å²) in [7, 11) is 1.21. The molecule has 0 saturated carbocycles. The van der Waals surface area contributed by atoms with Gasteiger partial charge >= 0.3 is 0 Å². The van der Waals surface area contributed by atoms with Gasteiger partial charge in [-0.3, -0.25) is 4.79 Å². The molecule has 2 heteroatoms. The molecule has 1 heterocycles. The van der Waals surface area contributed by atoms with Crippen molar-refractivity contribution in [2.24, 2.45) is 5.92 Å². The van der Waals surface area contributed by atoms with E-state index in [4.69, 9.17) is 0 Å². The van der Waals surface area contributed by atoms with Crippen LogP contribution in [0.3, 0.4) is 0 Å². The van der Waals surface area contributed by atoms with E-state index in [1.807, 2.05) is 12.7 Å². The Bertz CT molecular complexity index is 117. The van der Waals surface area contributed by atoms with E-state index in [1.54, 1.807) is 0 Å².